The number of hydrogen-bond donors (Lipinski definition) is 0. The van der Waals surface area contributed by atoms with Gasteiger partial charge in [-0.05, 0) is 24.6 Å². The van der Waals surface area contributed by atoms with Crippen LogP contribution in [0.15, 0.2) is 34.7 Å². The summed E-state index contributed by atoms with van der Waals surface area (Å²) in [5.74, 6) is -0.0210. The van der Waals surface area contributed by atoms with Gasteiger partial charge in [-0.25, -0.2) is 0 Å². The van der Waals surface area contributed by atoms with Crippen LogP contribution in [-0.4, -0.2) is 58.4 Å². The molecule has 0 atom stereocenters. The van der Waals surface area contributed by atoms with E-state index in [1.54, 1.807) is 0 Å². The molecule has 1 fully saturated rings. The van der Waals surface area contributed by atoms with Gasteiger partial charge in [0.2, 0.25) is 0 Å². The number of hydrogen-bond acceptors (Lipinski definition) is 6. The van der Waals surface area contributed by atoms with Crippen molar-refractivity contribution in [1.29, 1.82) is 0 Å². The summed E-state index contributed by atoms with van der Waals surface area (Å²) < 4.78 is 13.2. The number of aryl methyl sites for hydroxylation is 1. The predicted molar refractivity (Wildman–Crippen MR) is 98.6 cm³/mol. The highest BCUT2D eigenvalue weighted by Gasteiger charge is 2.25. The molecule has 3 aromatic rings. The van der Waals surface area contributed by atoms with Crippen molar-refractivity contribution in [2.75, 3.05) is 37.7 Å². The summed E-state index contributed by atoms with van der Waals surface area (Å²) in [6.45, 7) is 4.66. The predicted octanol–water partition coefficient (Wildman–Crippen LogP) is 1.91. The first kappa shape index (κ1) is 16.3. The summed E-state index contributed by atoms with van der Waals surface area (Å²) in [5, 5.41) is 4.56. The Kier molecular flexibility index (Phi) is 4.05. The van der Waals surface area contributed by atoms with Crippen molar-refractivity contribution in [3.8, 4) is 0 Å². The molecule has 0 bridgehead atoms. The van der Waals surface area contributed by atoms with E-state index in [9.17, 15) is 4.79 Å². The molecule has 0 spiro atoms. The Balaban J connectivity index is 1.40. The standard InChI is InChI=1S/C19H21N5O3/c25-18(22-8-10-26-11-9-22)16-12-14-13-23(6-3-7-24(14)21-16)19-20-15-4-1-2-5-17(15)27-19/h1-2,4-5,12H,3,6-11,13H2. The van der Waals surface area contributed by atoms with E-state index >= 15 is 0 Å². The maximum atomic E-state index is 12.7. The number of amides is 1. The van der Waals surface area contributed by atoms with Gasteiger partial charge >= 0.3 is 0 Å². The Morgan fingerprint density at radius 2 is 1.93 bits per heavy atom. The van der Waals surface area contributed by atoms with E-state index in [0.29, 0.717) is 44.6 Å². The molecule has 1 amide bonds. The lowest BCUT2D eigenvalue weighted by molar-refractivity contribution is 0.0298. The fourth-order valence-electron chi connectivity index (χ4n) is 3.65. The number of rotatable bonds is 2. The quantitative estimate of drug-likeness (QED) is 0.689. The SMILES string of the molecule is O=C(c1cc2n(n1)CCCN(c1nc3ccccc3o1)C2)N1CCOCC1. The number of aromatic nitrogens is 3. The molecule has 0 saturated carbocycles. The number of carbonyl (C=O) groups is 1. The third kappa shape index (κ3) is 3.06. The third-order valence-corrected chi connectivity index (χ3v) is 5.08. The first-order valence-electron chi connectivity index (χ1n) is 9.32. The smallest absolute Gasteiger partial charge is 0.298 e. The molecule has 140 valence electrons. The Labute approximate surface area is 156 Å². The van der Waals surface area contributed by atoms with Gasteiger partial charge in [0.15, 0.2) is 11.3 Å². The minimum absolute atomic E-state index is 0.0210. The fourth-order valence-corrected chi connectivity index (χ4v) is 3.65. The molecule has 2 aliphatic rings. The topological polar surface area (TPSA) is 76.6 Å². The van der Waals surface area contributed by atoms with Gasteiger partial charge in [-0.1, -0.05) is 12.1 Å². The summed E-state index contributed by atoms with van der Waals surface area (Å²) in [6, 6.07) is 10.3. The summed E-state index contributed by atoms with van der Waals surface area (Å²) in [6.07, 6.45) is 0.915. The van der Waals surface area contributed by atoms with Crippen molar-refractivity contribution in [2.24, 2.45) is 0 Å². The second-order valence-corrected chi connectivity index (χ2v) is 6.89. The zero-order chi connectivity index (χ0) is 18.2. The summed E-state index contributed by atoms with van der Waals surface area (Å²) in [4.78, 5) is 21.3. The lowest BCUT2D eigenvalue weighted by Gasteiger charge is -2.25. The molecular formula is C19H21N5O3. The van der Waals surface area contributed by atoms with Crippen molar-refractivity contribution in [3.05, 3.63) is 41.7 Å². The molecule has 8 heteroatoms. The molecule has 8 nitrogen and oxygen atoms in total. The van der Waals surface area contributed by atoms with Crippen LogP contribution in [0, 0.1) is 0 Å². The summed E-state index contributed by atoms with van der Waals surface area (Å²) in [7, 11) is 0. The van der Waals surface area contributed by atoms with Crippen LogP contribution in [0.25, 0.3) is 11.1 Å². The number of carbonyl (C=O) groups excluding carboxylic acids is 1. The first-order chi connectivity index (χ1) is 13.3. The number of fused-ring (bicyclic) bond motifs is 2. The zero-order valence-corrected chi connectivity index (χ0v) is 15.0. The normalized spacial score (nSPS) is 17.8. The maximum Gasteiger partial charge on any atom is 0.298 e. The van der Waals surface area contributed by atoms with Gasteiger partial charge in [-0.3, -0.25) is 9.48 Å². The first-order valence-corrected chi connectivity index (χ1v) is 9.32. The monoisotopic (exact) mass is 367 g/mol. The highest BCUT2D eigenvalue weighted by atomic mass is 16.5. The lowest BCUT2D eigenvalue weighted by Crippen LogP contribution is -2.40. The van der Waals surface area contributed by atoms with Gasteiger partial charge in [0, 0.05) is 26.2 Å². The highest BCUT2D eigenvalue weighted by Crippen LogP contribution is 2.25. The van der Waals surface area contributed by atoms with Crippen LogP contribution in [-0.2, 0) is 17.8 Å². The molecule has 0 unspecified atom stereocenters. The molecule has 27 heavy (non-hydrogen) atoms. The largest absolute Gasteiger partial charge is 0.423 e. The van der Waals surface area contributed by atoms with Crippen molar-refractivity contribution in [3.63, 3.8) is 0 Å². The van der Waals surface area contributed by atoms with E-state index in [0.717, 1.165) is 36.3 Å². The van der Waals surface area contributed by atoms with Crippen LogP contribution in [0.1, 0.15) is 22.6 Å². The molecule has 1 aromatic carbocycles. The van der Waals surface area contributed by atoms with Crippen molar-refractivity contribution in [2.45, 2.75) is 19.5 Å². The van der Waals surface area contributed by atoms with Crippen molar-refractivity contribution in [1.82, 2.24) is 19.7 Å². The number of anilines is 1. The second kappa shape index (κ2) is 6.70. The third-order valence-electron chi connectivity index (χ3n) is 5.08. The second-order valence-electron chi connectivity index (χ2n) is 6.89. The van der Waals surface area contributed by atoms with Gasteiger partial charge in [0.05, 0.1) is 25.5 Å². The number of morpholine rings is 1. The molecule has 2 aromatic heterocycles. The minimum atomic E-state index is -0.0210. The van der Waals surface area contributed by atoms with Crippen LogP contribution < -0.4 is 4.90 Å². The van der Waals surface area contributed by atoms with Crippen LogP contribution in [0.3, 0.4) is 0 Å². The molecule has 5 rings (SSSR count). The van der Waals surface area contributed by atoms with Gasteiger partial charge in [0.25, 0.3) is 11.9 Å². The molecule has 4 heterocycles. The highest BCUT2D eigenvalue weighted by molar-refractivity contribution is 5.92. The minimum Gasteiger partial charge on any atom is -0.423 e. The van der Waals surface area contributed by atoms with E-state index < -0.39 is 0 Å². The molecule has 0 radical (unpaired) electrons. The molecule has 0 aliphatic carbocycles. The lowest BCUT2D eigenvalue weighted by atomic mass is 10.3. The van der Waals surface area contributed by atoms with Crippen LogP contribution in [0.4, 0.5) is 6.01 Å². The summed E-state index contributed by atoms with van der Waals surface area (Å²) >= 11 is 0. The molecule has 2 aliphatic heterocycles. The number of ether oxygens (including phenoxy) is 1. The van der Waals surface area contributed by atoms with Gasteiger partial charge < -0.3 is 19.0 Å². The fraction of sp³-hybridized carbons (Fsp3) is 0.421. The van der Waals surface area contributed by atoms with Crippen LogP contribution in [0.5, 0.6) is 0 Å². The molecular weight excluding hydrogens is 346 g/mol. The summed E-state index contributed by atoms with van der Waals surface area (Å²) in [5.41, 5.74) is 3.15. The van der Waals surface area contributed by atoms with E-state index in [-0.39, 0.29) is 5.91 Å². The van der Waals surface area contributed by atoms with Gasteiger partial charge in [-0.15, -0.1) is 0 Å². The van der Waals surface area contributed by atoms with Gasteiger partial charge in [0.1, 0.15) is 5.52 Å². The van der Waals surface area contributed by atoms with Crippen LogP contribution >= 0.6 is 0 Å². The average Bonchev–Trinajstić information content (AvgIpc) is 3.26. The Bertz CT molecular complexity index is 940. The van der Waals surface area contributed by atoms with Crippen LogP contribution in [0.2, 0.25) is 0 Å². The average molecular weight is 367 g/mol. The number of nitrogens with zero attached hydrogens (tertiary/aromatic N) is 5. The molecule has 1 saturated heterocycles. The Morgan fingerprint density at radius 3 is 2.78 bits per heavy atom. The van der Waals surface area contributed by atoms with E-state index in [4.69, 9.17) is 9.15 Å². The Hall–Kier alpha value is -2.87. The van der Waals surface area contributed by atoms with Crippen molar-refractivity contribution < 1.29 is 13.9 Å². The van der Waals surface area contributed by atoms with E-state index in [1.165, 1.54) is 0 Å². The van der Waals surface area contributed by atoms with Crippen molar-refractivity contribution >= 4 is 23.0 Å². The maximum absolute atomic E-state index is 12.7. The number of para-hydroxylation sites is 2. The number of oxazole rings is 1. The molecule has 0 N–H and O–H groups in total. The van der Waals surface area contributed by atoms with E-state index in [1.807, 2.05) is 39.9 Å². The van der Waals surface area contributed by atoms with Gasteiger partial charge in [-0.2, -0.15) is 10.1 Å². The number of benzene rings is 1. The van der Waals surface area contributed by atoms with E-state index in [2.05, 4.69) is 15.0 Å². The zero-order valence-electron chi connectivity index (χ0n) is 15.0. The Morgan fingerprint density at radius 1 is 1.07 bits per heavy atom.